The first-order valence-corrected chi connectivity index (χ1v) is 9.77. The van der Waals surface area contributed by atoms with Crippen LogP contribution in [0.15, 0.2) is 60.2 Å². The van der Waals surface area contributed by atoms with Crippen molar-refractivity contribution in [1.29, 1.82) is 0 Å². The summed E-state index contributed by atoms with van der Waals surface area (Å²) in [6.45, 7) is 8.98. The van der Waals surface area contributed by atoms with E-state index in [4.69, 9.17) is 9.47 Å². The summed E-state index contributed by atoms with van der Waals surface area (Å²) in [5.74, 6) is 0.708. The smallest absolute Gasteiger partial charge is 0.261 e. The van der Waals surface area contributed by atoms with Gasteiger partial charge in [0.05, 0.1) is 0 Å². The van der Waals surface area contributed by atoms with Crippen molar-refractivity contribution in [2.24, 2.45) is 0 Å². The van der Waals surface area contributed by atoms with E-state index >= 15 is 0 Å². The van der Waals surface area contributed by atoms with Crippen LogP contribution in [0.25, 0.3) is 0 Å². The van der Waals surface area contributed by atoms with E-state index in [1.165, 1.54) is 5.56 Å². The Morgan fingerprint density at radius 2 is 1.86 bits per heavy atom. The standard InChI is InChI=1S/C24H27NO3/c1-16-13-19(15-27-18-11-9-17(10-12-18)23(2,3)4)28-24(14-16)20-7-5-6-8-21(20)25-22(24)26/h5-13,19H,14-15H2,1-4H3,(H,25,26)/t19-,24+/m1/s1. The quantitative estimate of drug-likeness (QED) is 0.770. The van der Waals surface area contributed by atoms with Crippen LogP contribution >= 0.6 is 0 Å². The minimum atomic E-state index is -0.959. The normalized spacial score (nSPS) is 23.9. The Balaban J connectivity index is 1.51. The molecule has 146 valence electrons. The van der Waals surface area contributed by atoms with E-state index in [-0.39, 0.29) is 17.4 Å². The van der Waals surface area contributed by atoms with Crippen molar-refractivity contribution in [2.75, 3.05) is 11.9 Å². The van der Waals surface area contributed by atoms with Crippen LogP contribution in [-0.2, 0) is 20.5 Å². The molecule has 4 nitrogen and oxygen atoms in total. The number of rotatable bonds is 3. The van der Waals surface area contributed by atoms with E-state index in [2.05, 4.69) is 44.3 Å². The van der Waals surface area contributed by atoms with Crippen molar-refractivity contribution in [1.82, 2.24) is 0 Å². The summed E-state index contributed by atoms with van der Waals surface area (Å²) >= 11 is 0. The third kappa shape index (κ3) is 3.33. The van der Waals surface area contributed by atoms with Gasteiger partial charge in [-0.05, 0) is 36.1 Å². The Labute approximate surface area is 166 Å². The van der Waals surface area contributed by atoms with E-state index in [0.29, 0.717) is 13.0 Å². The number of nitrogens with one attached hydrogen (secondary N) is 1. The van der Waals surface area contributed by atoms with Crippen LogP contribution in [0.2, 0.25) is 0 Å². The van der Waals surface area contributed by atoms with Gasteiger partial charge in [-0.2, -0.15) is 0 Å². The number of anilines is 1. The monoisotopic (exact) mass is 377 g/mol. The molecule has 0 aliphatic carbocycles. The lowest BCUT2D eigenvalue weighted by molar-refractivity contribution is -0.151. The Kier molecular flexibility index (Phi) is 4.54. The molecule has 0 saturated carbocycles. The van der Waals surface area contributed by atoms with Gasteiger partial charge in [0.25, 0.3) is 5.91 Å². The minimum absolute atomic E-state index is 0.0966. The molecule has 2 heterocycles. The van der Waals surface area contributed by atoms with Gasteiger partial charge in [0.2, 0.25) is 0 Å². The third-order valence-corrected chi connectivity index (χ3v) is 5.46. The molecular weight excluding hydrogens is 350 g/mol. The minimum Gasteiger partial charge on any atom is -0.491 e. The van der Waals surface area contributed by atoms with E-state index in [0.717, 1.165) is 22.6 Å². The number of ether oxygens (including phenoxy) is 2. The third-order valence-electron chi connectivity index (χ3n) is 5.46. The fourth-order valence-electron chi connectivity index (χ4n) is 4.00. The highest BCUT2D eigenvalue weighted by atomic mass is 16.6. The van der Waals surface area contributed by atoms with Crippen LogP contribution in [0.1, 0.15) is 45.2 Å². The molecule has 4 heteroatoms. The summed E-state index contributed by atoms with van der Waals surface area (Å²) in [7, 11) is 0. The molecule has 2 aromatic carbocycles. The molecule has 1 N–H and O–H groups in total. The average molecular weight is 377 g/mol. The van der Waals surface area contributed by atoms with Crippen molar-refractivity contribution < 1.29 is 14.3 Å². The summed E-state index contributed by atoms with van der Waals surface area (Å²) < 4.78 is 12.3. The van der Waals surface area contributed by atoms with Crippen LogP contribution in [-0.4, -0.2) is 18.6 Å². The number of amides is 1. The van der Waals surface area contributed by atoms with Crippen LogP contribution < -0.4 is 10.1 Å². The molecule has 1 amide bonds. The maximum atomic E-state index is 12.8. The molecule has 2 aromatic rings. The van der Waals surface area contributed by atoms with Crippen molar-refractivity contribution in [3.63, 3.8) is 0 Å². The second-order valence-electron chi connectivity index (χ2n) is 8.76. The van der Waals surface area contributed by atoms with E-state index in [1.54, 1.807) is 0 Å². The zero-order valence-corrected chi connectivity index (χ0v) is 16.9. The van der Waals surface area contributed by atoms with Gasteiger partial charge in [-0.1, -0.05) is 62.8 Å². The van der Waals surface area contributed by atoms with Gasteiger partial charge in [0, 0.05) is 17.7 Å². The Hall–Kier alpha value is -2.59. The van der Waals surface area contributed by atoms with E-state index in [9.17, 15) is 4.79 Å². The molecule has 2 atom stereocenters. The fraction of sp³-hybridized carbons (Fsp3) is 0.375. The van der Waals surface area contributed by atoms with Gasteiger partial charge in [0.15, 0.2) is 5.60 Å². The topological polar surface area (TPSA) is 47.6 Å². The maximum absolute atomic E-state index is 12.8. The second-order valence-corrected chi connectivity index (χ2v) is 8.76. The molecule has 0 radical (unpaired) electrons. The molecule has 28 heavy (non-hydrogen) atoms. The summed E-state index contributed by atoms with van der Waals surface area (Å²) in [5.41, 5.74) is 3.30. The van der Waals surface area contributed by atoms with Crippen LogP contribution in [0.5, 0.6) is 5.75 Å². The number of para-hydroxylation sites is 1. The van der Waals surface area contributed by atoms with Crippen LogP contribution in [0.4, 0.5) is 5.69 Å². The van der Waals surface area contributed by atoms with E-state index in [1.807, 2.05) is 43.3 Å². The Morgan fingerprint density at radius 3 is 2.57 bits per heavy atom. The highest BCUT2D eigenvalue weighted by Crippen LogP contribution is 2.45. The van der Waals surface area contributed by atoms with Gasteiger partial charge in [0.1, 0.15) is 18.5 Å². The summed E-state index contributed by atoms with van der Waals surface area (Å²) in [5, 5.41) is 2.96. The molecule has 0 aromatic heterocycles. The molecule has 1 spiro atoms. The zero-order valence-electron chi connectivity index (χ0n) is 16.9. The van der Waals surface area contributed by atoms with Crippen molar-refractivity contribution >= 4 is 11.6 Å². The lowest BCUT2D eigenvalue weighted by Crippen LogP contribution is -2.44. The number of hydrogen-bond acceptors (Lipinski definition) is 3. The molecule has 0 bridgehead atoms. The highest BCUT2D eigenvalue weighted by molar-refractivity contribution is 6.05. The zero-order chi connectivity index (χ0) is 19.9. The molecule has 0 fully saturated rings. The second kappa shape index (κ2) is 6.78. The molecule has 0 unspecified atom stereocenters. The van der Waals surface area contributed by atoms with Gasteiger partial charge < -0.3 is 14.8 Å². The first-order valence-electron chi connectivity index (χ1n) is 9.77. The average Bonchev–Trinajstić information content (AvgIpc) is 2.90. The van der Waals surface area contributed by atoms with Crippen LogP contribution in [0, 0.1) is 0 Å². The Bertz CT molecular complexity index is 924. The predicted molar refractivity (Wildman–Crippen MR) is 111 cm³/mol. The fourth-order valence-corrected chi connectivity index (χ4v) is 4.00. The summed E-state index contributed by atoms with van der Waals surface area (Å²) in [6, 6.07) is 15.9. The highest BCUT2D eigenvalue weighted by Gasteiger charge is 2.50. The summed E-state index contributed by atoms with van der Waals surface area (Å²) in [6.07, 6.45) is 2.34. The van der Waals surface area contributed by atoms with Crippen molar-refractivity contribution in [3.8, 4) is 5.75 Å². The number of carbonyl (C=O) groups excluding carboxylic acids is 1. The van der Waals surface area contributed by atoms with E-state index < -0.39 is 5.60 Å². The van der Waals surface area contributed by atoms with Crippen molar-refractivity contribution in [2.45, 2.75) is 51.2 Å². The molecular formula is C24H27NO3. The summed E-state index contributed by atoms with van der Waals surface area (Å²) in [4.78, 5) is 12.8. The van der Waals surface area contributed by atoms with Crippen molar-refractivity contribution in [3.05, 3.63) is 71.3 Å². The lowest BCUT2D eigenvalue weighted by Gasteiger charge is -2.35. The first kappa shape index (κ1) is 18.8. The Morgan fingerprint density at radius 1 is 1.14 bits per heavy atom. The number of hydrogen-bond donors (Lipinski definition) is 1. The number of benzene rings is 2. The van der Waals surface area contributed by atoms with Gasteiger partial charge in [-0.3, -0.25) is 4.79 Å². The number of fused-ring (bicyclic) bond motifs is 2. The SMILES string of the molecule is CC1=C[C@H](COc2ccc(C(C)(C)C)cc2)O[C@]2(C1)C(=O)Nc1ccccc12. The van der Waals surface area contributed by atoms with Gasteiger partial charge in [-0.15, -0.1) is 0 Å². The first-order chi connectivity index (χ1) is 13.3. The molecule has 0 saturated heterocycles. The maximum Gasteiger partial charge on any atom is 0.261 e. The lowest BCUT2D eigenvalue weighted by atomic mass is 9.85. The van der Waals surface area contributed by atoms with Crippen LogP contribution in [0.3, 0.4) is 0 Å². The molecule has 4 rings (SSSR count). The molecule has 2 aliphatic heterocycles. The number of carbonyl (C=O) groups is 1. The molecule has 2 aliphatic rings. The van der Waals surface area contributed by atoms with Gasteiger partial charge >= 0.3 is 0 Å². The predicted octanol–water partition coefficient (Wildman–Crippen LogP) is 4.95. The van der Waals surface area contributed by atoms with Gasteiger partial charge in [-0.25, -0.2) is 0 Å². The largest absolute Gasteiger partial charge is 0.491 e.